The first kappa shape index (κ1) is 24.3. The second kappa shape index (κ2) is 12.6. The molecule has 0 radical (unpaired) electrons. The standard InChI is InChI=1S/C26H32N2O5/c29-24(27-16-8-2-1-3-15-25(30)31)14-9-17-28-26(32)33-18-23-21-12-6-4-10-19(21)20-11-5-7-13-22(20)23/h4-7,10-13,23H,1-3,8-9,14-18H2,(H,27,29)(H,28,32)(H,30,31). The molecule has 176 valence electrons. The van der Waals surface area contributed by atoms with Crippen molar-refractivity contribution in [2.75, 3.05) is 19.7 Å². The van der Waals surface area contributed by atoms with E-state index in [-0.39, 0.29) is 24.9 Å². The number of hydrogen-bond donors (Lipinski definition) is 3. The van der Waals surface area contributed by atoms with Crippen molar-refractivity contribution in [2.45, 2.75) is 50.9 Å². The number of ether oxygens (including phenoxy) is 1. The summed E-state index contributed by atoms with van der Waals surface area (Å²) in [4.78, 5) is 34.4. The van der Waals surface area contributed by atoms with E-state index in [1.807, 2.05) is 24.3 Å². The number of carboxylic acid groups (broad SMARTS) is 1. The van der Waals surface area contributed by atoms with E-state index in [2.05, 4.69) is 34.9 Å². The third kappa shape index (κ3) is 7.34. The molecular formula is C26H32N2O5. The first-order valence-corrected chi connectivity index (χ1v) is 11.6. The fourth-order valence-electron chi connectivity index (χ4n) is 4.16. The van der Waals surface area contributed by atoms with Gasteiger partial charge >= 0.3 is 12.1 Å². The van der Waals surface area contributed by atoms with E-state index in [9.17, 15) is 14.4 Å². The van der Waals surface area contributed by atoms with Gasteiger partial charge in [-0.05, 0) is 41.5 Å². The van der Waals surface area contributed by atoms with Gasteiger partial charge in [-0.2, -0.15) is 0 Å². The van der Waals surface area contributed by atoms with Crippen LogP contribution in [0.5, 0.6) is 0 Å². The molecule has 2 aromatic rings. The Hall–Kier alpha value is -3.35. The predicted octanol–water partition coefficient (Wildman–Crippen LogP) is 4.46. The average Bonchev–Trinajstić information content (AvgIpc) is 3.13. The van der Waals surface area contributed by atoms with Crippen LogP contribution in [0.15, 0.2) is 48.5 Å². The normalized spacial score (nSPS) is 12.0. The van der Waals surface area contributed by atoms with Crippen LogP contribution in [0.25, 0.3) is 11.1 Å². The maximum atomic E-state index is 12.1. The summed E-state index contributed by atoms with van der Waals surface area (Å²) in [6.07, 6.45) is 3.86. The number of amides is 2. The number of carbonyl (C=O) groups excluding carboxylic acids is 2. The highest BCUT2D eigenvalue weighted by atomic mass is 16.5. The number of hydrogen-bond acceptors (Lipinski definition) is 4. The molecule has 3 N–H and O–H groups in total. The van der Waals surface area contributed by atoms with Crippen molar-refractivity contribution in [3.8, 4) is 11.1 Å². The lowest BCUT2D eigenvalue weighted by molar-refractivity contribution is -0.137. The zero-order valence-corrected chi connectivity index (χ0v) is 18.8. The molecule has 0 aromatic heterocycles. The summed E-state index contributed by atoms with van der Waals surface area (Å²) in [6.45, 7) is 1.23. The Morgan fingerprint density at radius 2 is 1.36 bits per heavy atom. The van der Waals surface area contributed by atoms with Crippen LogP contribution in [0.1, 0.15) is 62.0 Å². The van der Waals surface area contributed by atoms with E-state index < -0.39 is 12.1 Å². The van der Waals surface area contributed by atoms with E-state index in [1.54, 1.807) is 0 Å². The average molecular weight is 453 g/mol. The van der Waals surface area contributed by atoms with E-state index >= 15 is 0 Å². The summed E-state index contributed by atoms with van der Waals surface area (Å²) in [5.41, 5.74) is 4.72. The third-order valence-corrected chi connectivity index (χ3v) is 5.83. The lowest BCUT2D eigenvalue weighted by Crippen LogP contribution is -2.29. The molecule has 7 heteroatoms. The Morgan fingerprint density at radius 1 is 0.758 bits per heavy atom. The number of nitrogens with one attached hydrogen (secondary N) is 2. The maximum absolute atomic E-state index is 12.1. The highest BCUT2D eigenvalue weighted by Gasteiger charge is 2.28. The van der Waals surface area contributed by atoms with Crippen LogP contribution in [0.3, 0.4) is 0 Å². The summed E-state index contributed by atoms with van der Waals surface area (Å²) in [5.74, 6) is -0.789. The fraction of sp³-hybridized carbons (Fsp3) is 0.423. The van der Waals surface area contributed by atoms with Gasteiger partial charge in [0.05, 0.1) is 0 Å². The number of rotatable bonds is 13. The van der Waals surface area contributed by atoms with Gasteiger partial charge in [0.2, 0.25) is 5.91 Å². The van der Waals surface area contributed by atoms with Gasteiger partial charge in [-0.1, -0.05) is 61.4 Å². The molecule has 2 aromatic carbocycles. The number of alkyl carbamates (subject to hydrolysis) is 1. The van der Waals surface area contributed by atoms with Crippen molar-refractivity contribution in [1.29, 1.82) is 0 Å². The van der Waals surface area contributed by atoms with E-state index in [4.69, 9.17) is 9.84 Å². The van der Waals surface area contributed by atoms with E-state index in [0.29, 0.717) is 32.4 Å². The zero-order chi connectivity index (χ0) is 23.5. The molecule has 0 aliphatic heterocycles. The summed E-state index contributed by atoms with van der Waals surface area (Å²) in [5, 5.41) is 14.2. The van der Waals surface area contributed by atoms with E-state index in [1.165, 1.54) is 22.3 Å². The van der Waals surface area contributed by atoms with Gasteiger partial charge in [0, 0.05) is 31.8 Å². The quantitative estimate of drug-likeness (QED) is 0.389. The minimum absolute atomic E-state index is 0.0260. The van der Waals surface area contributed by atoms with Crippen molar-refractivity contribution in [3.63, 3.8) is 0 Å². The van der Waals surface area contributed by atoms with Gasteiger partial charge in [-0.15, -0.1) is 0 Å². The molecule has 0 saturated carbocycles. The fourth-order valence-corrected chi connectivity index (χ4v) is 4.16. The van der Waals surface area contributed by atoms with Gasteiger partial charge in [0.15, 0.2) is 0 Å². The molecule has 0 atom stereocenters. The molecule has 0 unspecified atom stereocenters. The zero-order valence-electron chi connectivity index (χ0n) is 18.8. The van der Waals surface area contributed by atoms with Crippen molar-refractivity contribution in [3.05, 3.63) is 59.7 Å². The molecule has 0 bridgehead atoms. The van der Waals surface area contributed by atoms with Gasteiger partial charge in [0.1, 0.15) is 6.61 Å². The van der Waals surface area contributed by atoms with Crippen molar-refractivity contribution in [1.82, 2.24) is 10.6 Å². The Kier molecular flexibility index (Phi) is 9.30. The third-order valence-electron chi connectivity index (χ3n) is 5.83. The number of carbonyl (C=O) groups is 3. The largest absolute Gasteiger partial charge is 0.481 e. The number of fused-ring (bicyclic) bond motifs is 3. The molecule has 3 rings (SSSR count). The minimum Gasteiger partial charge on any atom is -0.481 e. The van der Waals surface area contributed by atoms with Crippen LogP contribution in [-0.2, 0) is 14.3 Å². The lowest BCUT2D eigenvalue weighted by Gasteiger charge is -2.14. The van der Waals surface area contributed by atoms with Gasteiger partial charge in [-0.3, -0.25) is 9.59 Å². The Balaban J connectivity index is 1.28. The molecule has 0 spiro atoms. The highest BCUT2D eigenvalue weighted by Crippen LogP contribution is 2.44. The van der Waals surface area contributed by atoms with Crippen LogP contribution in [0.2, 0.25) is 0 Å². The Bertz CT molecular complexity index is 914. The molecule has 0 saturated heterocycles. The Morgan fingerprint density at radius 3 is 2.03 bits per heavy atom. The van der Waals surface area contributed by atoms with Crippen molar-refractivity contribution in [2.24, 2.45) is 0 Å². The first-order chi connectivity index (χ1) is 16.1. The van der Waals surface area contributed by atoms with Crippen LogP contribution < -0.4 is 10.6 Å². The lowest BCUT2D eigenvalue weighted by atomic mass is 9.98. The van der Waals surface area contributed by atoms with Crippen molar-refractivity contribution < 1.29 is 24.2 Å². The number of carboxylic acids is 1. The number of benzene rings is 2. The summed E-state index contributed by atoms with van der Waals surface area (Å²) >= 11 is 0. The SMILES string of the molecule is O=C(O)CCCCCCNC(=O)CCCNC(=O)OCC1c2ccccc2-c2ccccc21. The van der Waals surface area contributed by atoms with Crippen LogP contribution in [0.4, 0.5) is 4.79 Å². The van der Waals surface area contributed by atoms with Crippen molar-refractivity contribution >= 4 is 18.0 Å². The van der Waals surface area contributed by atoms with Crippen LogP contribution in [-0.4, -0.2) is 42.8 Å². The van der Waals surface area contributed by atoms with Gasteiger partial charge < -0.3 is 20.5 Å². The maximum Gasteiger partial charge on any atom is 0.407 e. The second-order valence-electron chi connectivity index (χ2n) is 8.26. The molecular weight excluding hydrogens is 420 g/mol. The van der Waals surface area contributed by atoms with Gasteiger partial charge in [0.25, 0.3) is 0 Å². The topological polar surface area (TPSA) is 105 Å². The van der Waals surface area contributed by atoms with Gasteiger partial charge in [-0.25, -0.2) is 4.79 Å². The summed E-state index contributed by atoms with van der Waals surface area (Å²) in [7, 11) is 0. The molecule has 1 aliphatic rings. The molecule has 1 aliphatic carbocycles. The smallest absolute Gasteiger partial charge is 0.407 e. The molecule has 0 heterocycles. The molecule has 7 nitrogen and oxygen atoms in total. The number of aliphatic carboxylic acids is 1. The highest BCUT2D eigenvalue weighted by molar-refractivity contribution is 5.79. The van der Waals surface area contributed by atoms with Crippen LogP contribution in [0, 0.1) is 0 Å². The second-order valence-corrected chi connectivity index (χ2v) is 8.26. The summed E-state index contributed by atoms with van der Waals surface area (Å²) < 4.78 is 5.49. The monoisotopic (exact) mass is 452 g/mol. The summed E-state index contributed by atoms with van der Waals surface area (Å²) in [6, 6.07) is 16.4. The minimum atomic E-state index is -0.769. The molecule has 33 heavy (non-hydrogen) atoms. The Labute approximate surface area is 194 Å². The van der Waals surface area contributed by atoms with E-state index in [0.717, 1.165) is 19.3 Å². The molecule has 2 amide bonds. The predicted molar refractivity (Wildman–Crippen MR) is 126 cm³/mol. The molecule has 0 fully saturated rings. The first-order valence-electron chi connectivity index (χ1n) is 11.6. The van der Waals surface area contributed by atoms with Crippen LogP contribution >= 0.6 is 0 Å². The number of unbranched alkanes of at least 4 members (excludes halogenated alkanes) is 3.